The number of hydrogen-bond donors (Lipinski definition) is 1. The Balaban J connectivity index is 2.75. The van der Waals surface area contributed by atoms with Gasteiger partial charge in [0.15, 0.2) is 0 Å². The molecule has 0 radical (unpaired) electrons. The van der Waals surface area contributed by atoms with Gasteiger partial charge in [0.05, 0.1) is 12.5 Å². The molecule has 0 saturated carbocycles. The van der Waals surface area contributed by atoms with Gasteiger partial charge in [-0.1, -0.05) is 13.0 Å². The number of esters is 1. The van der Waals surface area contributed by atoms with Gasteiger partial charge in [-0.25, -0.2) is 8.78 Å². The number of ether oxygens (including phenoxy) is 1. The SMILES string of the molecule is CCOC(=O)C(C)C(C)NC(C)c1c(F)cccc1F. The first-order chi connectivity index (χ1) is 9.38. The van der Waals surface area contributed by atoms with Crippen molar-refractivity contribution >= 4 is 5.97 Å². The largest absolute Gasteiger partial charge is 0.466 e. The Morgan fingerprint density at radius 2 is 1.80 bits per heavy atom. The maximum Gasteiger partial charge on any atom is 0.310 e. The molecule has 20 heavy (non-hydrogen) atoms. The molecule has 1 rings (SSSR count). The summed E-state index contributed by atoms with van der Waals surface area (Å²) in [5.41, 5.74) is -0.0181. The monoisotopic (exact) mass is 285 g/mol. The Hall–Kier alpha value is -1.49. The maximum atomic E-state index is 13.7. The van der Waals surface area contributed by atoms with Gasteiger partial charge in [0.1, 0.15) is 11.6 Å². The first-order valence-corrected chi connectivity index (χ1v) is 6.75. The minimum atomic E-state index is -0.596. The lowest BCUT2D eigenvalue weighted by Gasteiger charge is -2.24. The van der Waals surface area contributed by atoms with Crippen LogP contribution < -0.4 is 5.32 Å². The number of hydrogen-bond acceptors (Lipinski definition) is 3. The maximum absolute atomic E-state index is 13.7. The summed E-state index contributed by atoms with van der Waals surface area (Å²) in [4.78, 5) is 11.6. The third-order valence-corrected chi connectivity index (χ3v) is 3.35. The summed E-state index contributed by atoms with van der Waals surface area (Å²) in [6.07, 6.45) is 0. The van der Waals surface area contributed by atoms with Crippen LogP contribution in [0, 0.1) is 17.6 Å². The lowest BCUT2D eigenvalue weighted by atomic mass is 10.0. The lowest BCUT2D eigenvalue weighted by molar-refractivity contribution is -0.148. The highest BCUT2D eigenvalue weighted by Gasteiger charge is 2.24. The molecule has 3 unspecified atom stereocenters. The molecule has 0 spiro atoms. The zero-order valence-corrected chi connectivity index (χ0v) is 12.2. The molecule has 0 saturated heterocycles. The van der Waals surface area contributed by atoms with E-state index in [0.717, 1.165) is 0 Å². The van der Waals surface area contributed by atoms with Gasteiger partial charge in [-0.2, -0.15) is 0 Å². The summed E-state index contributed by atoms with van der Waals surface area (Å²) in [6.45, 7) is 7.22. The number of benzene rings is 1. The molecule has 0 heterocycles. The number of rotatable bonds is 6. The van der Waals surface area contributed by atoms with Crippen molar-refractivity contribution in [1.82, 2.24) is 5.32 Å². The molecule has 0 aliphatic heterocycles. The third kappa shape index (κ3) is 4.00. The summed E-state index contributed by atoms with van der Waals surface area (Å²) in [7, 11) is 0. The quantitative estimate of drug-likeness (QED) is 0.816. The van der Waals surface area contributed by atoms with E-state index in [0.29, 0.717) is 6.61 Å². The van der Waals surface area contributed by atoms with Crippen LogP contribution in [0.1, 0.15) is 39.3 Å². The van der Waals surface area contributed by atoms with E-state index in [1.54, 1.807) is 27.7 Å². The molecule has 0 aliphatic carbocycles. The second-order valence-corrected chi connectivity index (χ2v) is 4.85. The summed E-state index contributed by atoms with van der Waals surface area (Å²) in [6, 6.07) is 2.96. The number of halogens is 2. The van der Waals surface area contributed by atoms with E-state index in [-0.39, 0.29) is 17.6 Å². The molecule has 1 N–H and O–H groups in total. The van der Waals surface area contributed by atoms with E-state index < -0.39 is 23.6 Å². The van der Waals surface area contributed by atoms with E-state index in [1.807, 2.05) is 0 Å². The highest BCUT2D eigenvalue weighted by molar-refractivity contribution is 5.72. The summed E-state index contributed by atoms with van der Waals surface area (Å²) >= 11 is 0. The second kappa shape index (κ2) is 7.33. The van der Waals surface area contributed by atoms with Gasteiger partial charge in [0.2, 0.25) is 0 Å². The Bertz CT molecular complexity index is 445. The second-order valence-electron chi connectivity index (χ2n) is 4.85. The van der Waals surface area contributed by atoms with Crippen LogP contribution in [0.3, 0.4) is 0 Å². The van der Waals surface area contributed by atoms with Crippen molar-refractivity contribution in [3.05, 3.63) is 35.4 Å². The Morgan fingerprint density at radius 1 is 1.25 bits per heavy atom. The van der Waals surface area contributed by atoms with E-state index in [4.69, 9.17) is 4.74 Å². The summed E-state index contributed by atoms with van der Waals surface area (Å²) < 4.78 is 32.3. The van der Waals surface area contributed by atoms with Crippen molar-refractivity contribution in [1.29, 1.82) is 0 Å². The molecule has 0 fully saturated rings. The molecule has 0 amide bonds. The van der Waals surface area contributed by atoms with Crippen LogP contribution in [0.15, 0.2) is 18.2 Å². The first-order valence-electron chi connectivity index (χ1n) is 6.75. The van der Waals surface area contributed by atoms with Crippen molar-refractivity contribution < 1.29 is 18.3 Å². The first kappa shape index (κ1) is 16.6. The van der Waals surface area contributed by atoms with Crippen molar-refractivity contribution in [2.45, 2.75) is 39.8 Å². The fourth-order valence-electron chi connectivity index (χ4n) is 2.02. The topological polar surface area (TPSA) is 38.3 Å². The lowest BCUT2D eigenvalue weighted by Crippen LogP contribution is -2.39. The average molecular weight is 285 g/mol. The summed E-state index contributed by atoms with van der Waals surface area (Å²) in [5, 5.41) is 3.04. The minimum absolute atomic E-state index is 0.0181. The molecule has 3 nitrogen and oxygen atoms in total. The molecule has 1 aromatic rings. The van der Waals surface area contributed by atoms with Gasteiger partial charge in [-0.3, -0.25) is 4.79 Å². The normalized spacial score (nSPS) is 15.5. The van der Waals surface area contributed by atoms with E-state index in [2.05, 4.69) is 5.32 Å². The molecular weight excluding hydrogens is 264 g/mol. The van der Waals surface area contributed by atoms with Crippen LogP contribution in [0.2, 0.25) is 0 Å². The number of carbonyl (C=O) groups excluding carboxylic acids is 1. The van der Waals surface area contributed by atoms with Crippen molar-refractivity contribution in [2.75, 3.05) is 6.61 Å². The fraction of sp³-hybridized carbons (Fsp3) is 0.533. The molecule has 0 bridgehead atoms. The highest BCUT2D eigenvalue weighted by atomic mass is 19.1. The van der Waals surface area contributed by atoms with Gasteiger partial charge in [-0.05, 0) is 32.9 Å². The Morgan fingerprint density at radius 3 is 2.30 bits per heavy atom. The van der Waals surface area contributed by atoms with Gasteiger partial charge >= 0.3 is 5.97 Å². The van der Waals surface area contributed by atoms with E-state index in [9.17, 15) is 13.6 Å². The summed E-state index contributed by atoms with van der Waals surface area (Å²) in [5.74, 6) is -1.91. The fourth-order valence-corrected chi connectivity index (χ4v) is 2.02. The molecular formula is C15H21F2NO2. The van der Waals surface area contributed by atoms with Crippen molar-refractivity contribution in [3.63, 3.8) is 0 Å². The molecule has 1 aromatic carbocycles. The highest BCUT2D eigenvalue weighted by Crippen LogP contribution is 2.21. The Labute approximate surface area is 118 Å². The van der Waals surface area contributed by atoms with Gasteiger partial charge in [-0.15, -0.1) is 0 Å². The molecule has 3 atom stereocenters. The molecule has 112 valence electrons. The average Bonchev–Trinajstić information content (AvgIpc) is 2.37. The van der Waals surface area contributed by atoms with Crippen LogP contribution in [0.5, 0.6) is 0 Å². The predicted octanol–water partition coefficient (Wildman–Crippen LogP) is 3.20. The minimum Gasteiger partial charge on any atom is -0.466 e. The van der Waals surface area contributed by atoms with Gasteiger partial charge in [0.25, 0.3) is 0 Å². The van der Waals surface area contributed by atoms with Gasteiger partial charge in [0, 0.05) is 17.6 Å². The number of carbonyl (C=O) groups is 1. The van der Waals surface area contributed by atoms with Crippen LogP contribution in [-0.2, 0) is 9.53 Å². The van der Waals surface area contributed by atoms with Crippen LogP contribution >= 0.6 is 0 Å². The molecule has 5 heteroatoms. The van der Waals surface area contributed by atoms with E-state index in [1.165, 1.54) is 18.2 Å². The van der Waals surface area contributed by atoms with Gasteiger partial charge < -0.3 is 10.1 Å². The third-order valence-electron chi connectivity index (χ3n) is 3.35. The predicted molar refractivity (Wildman–Crippen MR) is 73.2 cm³/mol. The molecule has 0 aliphatic rings. The van der Waals surface area contributed by atoms with Crippen LogP contribution in [0.25, 0.3) is 0 Å². The van der Waals surface area contributed by atoms with Crippen LogP contribution in [0.4, 0.5) is 8.78 Å². The van der Waals surface area contributed by atoms with E-state index >= 15 is 0 Å². The smallest absolute Gasteiger partial charge is 0.310 e. The molecule has 0 aromatic heterocycles. The van der Waals surface area contributed by atoms with Crippen molar-refractivity contribution in [3.8, 4) is 0 Å². The standard InChI is InChI=1S/C15H21F2NO2/c1-5-20-15(19)9(2)10(3)18-11(4)14-12(16)7-6-8-13(14)17/h6-11,18H,5H2,1-4H3. The zero-order chi connectivity index (χ0) is 15.3. The zero-order valence-electron chi connectivity index (χ0n) is 12.2. The number of nitrogens with one attached hydrogen (secondary N) is 1. The van der Waals surface area contributed by atoms with Crippen molar-refractivity contribution in [2.24, 2.45) is 5.92 Å². The Kier molecular flexibility index (Phi) is 6.07. The van der Waals surface area contributed by atoms with Crippen LogP contribution in [-0.4, -0.2) is 18.6 Å².